The Morgan fingerprint density at radius 2 is 2.29 bits per heavy atom. The van der Waals surface area contributed by atoms with Crippen LogP contribution >= 0.6 is 0 Å². The molecule has 0 aliphatic carbocycles. The molecular formula is C15H26N3O3. The van der Waals surface area contributed by atoms with Gasteiger partial charge in [-0.15, -0.1) is 0 Å². The Bertz CT molecular complexity index is 411. The molecule has 2 aliphatic heterocycles. The van der Waals surface area contributed by atoms with Gasteiger partial charge in [0.1, 0.15) is 5.54 Å². The molecule has 0 aromatic heterocycles. The van der Waals surface area contributed by atoms with Gasteiger partial charge < -0.3 is 15.4 Å². The van der Waals surface area contributed by atoms with E-state index in [4.69, 9.17) is 10.5 Å². The summed E-state index contributed by atoms with van der Waals surface area (Å²) in [5.74, 6) is -0.229. The zero-order valence-corrected chi connectivity index (χ0v) is 13.2. The average molecular weight is 296 g/mol. The highest BCUT2D eigenvalue weighted by Crippen LogP contribution is 2.43. The van der Waals surface area contributed by atoms with Gasteiger partial charge in [0.05, 0.1) is 6.10 Å². The number of carbonyl (C=O) groups excluding carboxylic acids is 2. The van der Waals surface area contributed by atoms with Gasteiger partial charge in [-0.05, 0) is 32.1 Å². The predicted octanol–water partition coefficient (Wildman–Crippen LogP) is 0.166. The Morgan fingerprint density at radius 1 is 1.57 bits per heavy atom. The number of likely N-dealkylation sites (N-methyl/N-ethyl adjacent to an activating group) is 1. The van der Waals surface area contributed by atoms with Gasteiger partial charge in [0.2, 0.25) is 11.8 Å². The number of piperidine rings is 1. The van der Waals surface area contributed by atoms with Crippen molar-refractivity contribution in [3.63, 3.8) is 0 Å². The van der Waals surface area contributed by atoms with Crippen molar-refractivity contribution in [2.45, 2.75) is 50.3 Å². The second-order valence-corrected chi connectivity index (χ2v) is 6.23. The Morgan fingerprint density at radius 3 is 2.86 bits per heavy atom. The number of carbonyl (C=O) groups is 2. The number of hydrogen-bond acceptors (Lipinski definition) is 4. The normalized spacial score (nSPS) is 30.1. The Balaban J connectivity index is 2.08. The minimum absolute atomic E-state index is 0.0108. The summed E-state index contributed by atoms with van der Waals surface area (Å²) < 4.78 is 5.53. The molecule has 6 nitrogen and oxygen atoms in total. The molecule has 2 heterocycles. The maximum atomic E-state index is 12.0. The van der Waals surface area contributed by atoms with Crippen LogP contribution in [0.2, 0.25) is 0 Å². The van der Waals surface area contributed by atoms with Crippen LogP contribution in [-0.2, 0) is 14.3 Å². The molecule has 1 unspecified atom stereocenters. The Labute approximate surface area is 126 Å². The Hall–Kier alpha value is -1.14. The molecule has 119 valence electrons. The average Bonchev–Trinajstić information content (AvgIpc) is 2.64. The van der Waals surface area contributed by atoms with Crippen molar-refractivity contribution >= 4 is 11.8 Å². The summed E-state index contributed by atoms with van der Waals surface area (Å²) in [5.41, 5.74) is 5.14. The van der Waals surface area contributed by atoms with Crippen molar-refractivity contribution < 1.29 is 14.3 Å². The summed E-state index contributed by atoms with van der Waals surface area (Å²) in [7, 11) is 3.41. The molecule has 2 rings (SSSR count). The number of methoxy groups -OCH3 is 1. The first-order valence-electron chi connectivity index (χ1n) is 7.53. The molecule has 3 atom stereocenters. The third-order valence-electron chi connectivity index (χ3n) is 5.01. The molecule has 0 aromatic rings. The molecule has 2 fully saturated rings. The van der Waals surface area contributed by atoms with E-state index in [1.807, 2.05) is 0 Å². The molecule has 0 spiro atoms. The predicted molar refractivity (Wildman–Crippen MR) is 79.3 cm³/mol. The van der Waals surface area contributed by atoms with Crippen molar-refractivity contribution in [2.24, 2.45) is 5.73 Å². The van der Waals surface area contributed by atoms with Crippen molar-refractivity contribution in [3.8, 4) is 0 Å². The van der Waals surface area contributed by atoms with Crippen LogP contribution in [0.1, 0.15) is 32.6 Å². The van der Waals surface area contributed by atoms with Crippen LogP contribution in [0.3, 0.4) is 0 Å². The summed E-state index contributed by atoms with van der Waals surface area (Å²) >= 11 is 0. The van der Waals surface area contributed by atoms with E-state index in [-0.39, 0.29) is 17.9 Å². The van der Waals surface area contributed by atoms with E-state index in [0.29, 0.717) is 19.1 Å². The van der Waals surface area contributed by atoms with Crippen molar-refractivity contribution in [3.05, 3.63) is 6.42 Å². The molecule has 2 N–H and O–H groups in total. The van der Waals surface area contributed by atoms with Gasteiger partial charge >= 0.3 is 0 Å². The molecular weight excluding hydrogens is 270 g/mol. The third kappa shape index (κ3) is 3.06. The van der Waals surface area contributed by atoms with Crippen LogP contribution in [-0.4, -0.2) is 66.5 Å². The SMILES string of the molecule is COC(CN(C)C(C)=O)CN1[C@@H]2C[CH]C[C@@]1(C(N)=O)CC2. The summed E-state index contributed by atoms with van der Waals surface area (Å²) in [6.07, 6.45) is 5.60. The number of nitrogens with zero attached hydrogens (tertiary/aromatic N) is 2. The van der Waals surface area contributed by atoms with E-state index >= 15 is 0 Å². The highest BCUT2D eigenvalue weighted by molar-refractivity contribution is 5.85. The Kier molecular flexibility index (Phi) is 4.88. The van der Waals surface area contributed by atoms with Gasteiger partial charge in [0, 0.05) is 40.2 Å². The summed E-state index contributed by atoms with van der Waals surface area (Å²) in [4.78, 5) is 27.2. The molecule has 21 heavy (non-hydrogen) atoms. The van der Waals surface area contributed by atoms with Crippen LogP contribution in [0.15, 0.2) is 0 Å². The van der Waals surface area contributed by atoms with Crippen molar-refractivity contribution in [1.29, 1.82) is 0 Å². The van der Waals surface area contributed by atoms with Crippen molar-refractivity contribution in [2.75, 3.05) is 27.2 Å². The first-order chi connectivity index (χ1) is 9.90. The van der Waals surface area contributed by atoms with Gasteiger partial charge in [0.25, 0.3) is 0 Å². The van der Waals surface area contributed by atoms with Crippen LogP contribution in [0.5, 0.6) is 0 Å². The lowest BCUT2D eigenvalue weighted by Crippen LogP contribution is -2.60. The molecule has 0 saturated carbocycles. The lowest BCUT2D eigenvalue weighted by molar-refractivity contribution is -0.134. The lowest BCUT2D eigenvalue weighted by Gasteiger charge is -2.44. The zero-order chi connectivity index (χ0) is 15.6. The number of fused-ring (bicyclic) bond motifs is 2. The van der Waals surface area contributed by atoms with Gasteiger partial charge in [-0.1, -0.05) is 0 Å². The number of rotatable bonds is 6. The number of nitrogens with two attached hydrogens (primary N) is 1. The van der Waals surface area contributed by atoms with E-state index < -0.39 is 5.54 Å². The zero-order valence-electron chi connectivity index (χ0n) is 13.2. The van der Waals surface area contributed by atoms with Gasteiger partial charge in [-0.25, -0.2) is 0 Å². The van der Waals surface area contributed by atoms with Crippen LogP contribution in [0.4, 0.5) is 0 Å². The maximum Gasteiger partial charge on any atom is 0.237 e. The van der Waals surface area contributed by atoms with Crippen molar-refractivity contribution in [1.82, 2.24) is 9.80 Å². The molecule has 2 saturated heterocycles. The summed E-state index contributed by atoms with van der Waals surface area (Å²) in [6, 6.07) is 0.367. The molecule has 2 amide bonds. The minimum Gasteiger partial charge on any atom is -0.378 e. The number of amides is 2. The van der Waals surface area contributed by atoms with E-state index in [0.717, 1.165) is 25.7 Å². The van der Waals surface area contributed by atoms with Crippen LogP contribution in [0.25, 0.3) is 0 Å². The highest BCUT2D eigenvalue weighted by Gasteiger charge is 2.53. The standard InChI is InChI=1S/C15H26N3O3/c1-11(19)17(2)9-13(21-3)10-18-12-5-4-7-15(18,8-6-12)14(16)20/h4,12-13H,5-10H2,1-3H3,(H2,16,20)/t12-,13?,15+/m1/s1. The smallest absolute Gasteiger partial charge is 0.237 e. The number of primary amides is 1. The molecule has 0 aromatic carbocycles. The second kappa shape index (κ2) is 6.32. The third-order valence-corrected chi connectivity index (χ3v) is 5.01. The van der Waals surface area contributed by atoms with Crippen LogP contribution in [0, 0.1) is 6.42 Å². The largest absolute Gasteiger partial charge is 0.378 e. The van der Waals surface area contributed by atoms with Gasteiger partial charge in [-0.2, -0.15) is 0 Å². The highest BCUT2D eigenvalue weighted by atomic mass is 16.5. The quantitative estimate of drug-likeness (QED) is 0.758. The summed E-state index contributed by atoms with van der Waals surface area (Å²) in [6.45, 7) is 2.69. The fraction of sp³-hybridized carbons (Fsp3) is 0.800. The number of hydrogen-bond donors (Lipinski definition) is 1. The first kappa shape index (κ1) is 16.2. The fourth-order valence-corrected chi connectivity index (χ4v) is 3.58. The van der Waals surface area contributed by atoms with E-state index in [9.17, 15) is 9.59 Å². The molecule has 6 heteroatoms. The van der Waals surface area contributed by atoms with E-state index in [1.54, 1.807) is 19.1 Å². The summed E-state index contributed by atoms with van der Waals surface area (Å²) in [5, 5.41) is 0. The van der Waals surface area contributed by atoms with E-state index in [1.165, 1.54) is 6.92 Å². The maximum absolute atomic E-state index is 12.0. The molecule has 2 bridgehead atoms. The van der Waals surface area contributed by atoms with Gasteiger partial charge in [0.15, 0.2) is 0 Å². The fourth-order valence-electron chi connectivity index (χ4n) is 3.58. The molecule has 1 radical (unpaired) electrons. The lowest BCUT2D eigenvalue weighted by atomic mass is 9.87. The first-order valence-corrected chi connectivity index (χ1v) is 7.53. The van der Waals surface area contributed by atoms with Crippen LogP contribution < -0.4 is 5.73 Å². The monoisotopic (exact) mass is 296 g/mol. The minimum atomic E-state index is -0.547. The topological polar surface area (TPSA) is 75.9 Å². The van der Waals surface area contributed by atoms with Gasteiger partial charge in [-0.3, -0.25) is 14.5 Å². The van der Waals surface area contributed by atoms with E-state index in [2.05, 4.69) is 11.3 Å². The number of ether oxygens (including phenoxy) is 1. The second-order valence-electron chi connectivity index (χ2n) is 6.23. The molecule has 2 aliphatic rings.